The number of ether oxygens (including phenoxy) is 3. The van der Waals surface area contributed by atoms with E-state index in [2.05, 4.69) is 18.5 Å². The second-order valence-corrected chi connectivity index (χ2v) is 13.0. The van der Waals surface area contributed by atoms with Crippen LogP contribution >= 0.6 is 0 Å². The summed E-state index contributed by atoms with van der Waals surface area (Å²) in [5, 5.41) is 2.77. The van der Waals surface area contributed by atoms with Crippen molar-refractivity contribution in [3.63, 3.8) is 0 Å². The first kappa shape index (κ1) is 33.6. The summed E-state index contributed by atoms with van der Waals surface area (Å²) in [6, 6.07) is 14.0. The van der Waals surface area contributed by atoms with Crippen LogP contribution in [0, 0.1) is 10.8 Å². The summed E-state index contributed by atoms with van der Waals surface area (Å²) >= 11 is 0. The van der Waals surface area contributed by atoms with Crippen LogP contribution in [0.4, 0.5) is 4.79 Å². The van der Waals surface area contributed by atoms with Gasteiger partial charge in [-0.2, -0.15) is 0 Å². The molecule has 0 aliphatic carbocycles. The van der Waals surface area contributed by atoms with Gasteiger partial charge in [0.1, 0.15) is 17.7 Å². The lowest BCUT2D eigenvalue weighted by Crippen LogP contribution is -2.57. The molecule has 1 heterocycles. The maximum atomic E-state index is 14.2. The molecule has 0 aromatic heterocycles. The van der Waals surface area contributed by atoms with E-state index in [0.717, 1.165) is 22.3 Å². The van der Waals surface area contributed by atoms with E-state index in [1.165, 1.54) is 12.0 Å². The van der Waals surface area contributed by atoms with Crippen molar-refractivity contribution in [1.29, 1.82) is 0 Å². The number of rotatable bonds is 11. The number of likely N-dealkylation sites (tertiary alicyclic amines) is 1. The number of nitrogens with zero attached hydrogens (tertiary/aromatic N) is 1. The number of carbonyl (C=O) groups is 3. The van der Waals surface area contributed by atoms with Crippen molar-refractivity contribution in [3.8, 4) is 11.1 Å². The highest BCUT2D eigenvalue weighted by Crippen LogP contribution is 2.41. The molecule has 2 aromatic rings. The number of hydrogen-bond donors (Lipinski definition) is 1. The van der Waals surface area contributed by atoms with Gasteiger partial charge in [0.15, 0.2) is 0 Å². The van der Waals surface area contributed by atoms with Crippen LogP contribution in [0.3, 0.4) is 0 Å². The number of methoxy groups -OCH3 is 2. The Morgan fingerprint density at radius 1 is 1.05 bits per heavy atom. The van der Waals surface area contributed by atoms with Gasteiger partial charge in [-0.1, -0.05) is 102 Å². The maximum absolute atomic E-state index is 14.2. The number of allylic oxidation sites excluding steroid dienone is 1. The molecule has 3 atom stereocenters. The molecule has 232 valence electrons. The first-order valence-electron chi connectivity index (χ1n) is 14.5. The topological polar surface area (TPSA) is 94.2 Å². The van der Waals surface area contributed by atoms with Crippen molar-refractivity contribution >= 4 is 24.0 Å². The first-order valence-corrected chi connectivity index (χ1v) is 14.5. The molecule has 1 N–H and O–H groups in total. The summed E-state index contributed by atoms with van der Waals surface area (Å²) in [7, 11) is 2.87. The van der Waals surface area contributed by atoms with Gasteiger partial charge in [0.25, 0.3) is 0 Å². The fourth-order valence-electron chi connectivity index (χ4n) is 5.50. The average molecular weight is 591 g/mol. The maximum Gasteiger partial charge on any atom is 0.407 e. The van der Waals surface area contributed by atoms with Crippen molar-refractivity contribution in [3.05, 3.63) is 78.9 Å². The summed E-state index contributed by atoms with van der Waals surface area (Å²) in [4.78, 5) is 41.6. The van der Waals surface area contributed by atoms with Crippen LogP contribution in [0.25, 0.3) is 17.2 Å². The van der Waals surface area contributed by atoms with Gasteiger partial charge in [-0.15, -0.1) is 6.58 Å². The third-order valence-corrected chi connectivity index (χ3v) is 8.04. The zero-order valence-corrected chi connectivity index (χ0v) is 26.6. The zero-order chi connectivity index (χ0) is 32.0. The van der Waals surface area contributed by atoms with Gasteiger partial charge >= 0.3 is 12.1 Å². The summed E-state index contributed by atoms with van der Waals surface area (Å²) in [5.74, 6) is -0.967. The van der Waals surface area contributed by atoms with Crippen molar-refractivity contribution in [2.75, 3.05) is 27.4 Å². The van der Waals surface area contributed by atoms with Gasteiger partial charge in [0.2, 0.25) is 5.91 Å². The molecule has 0 saturated carbocycles. The van der Waals surface area contributed by atoms with E-state index >= 15 is 0 Å². The predicted molar refractivity (Wildman–Crippen MR) is 169 cm³/mol. The molecule has 0 spiro atoms. The Morgan fingerprint density at radius 2 is 1.70 bits per heavy atom. The van der Waals surface area contributed by atoms with Crippen LogP contribution in [0.2, 0.25) is 0 Å². The third kappa shape index (κ3) is 7.73. The molecule has 0 bridgehead atoms. The minimum absolute atomic E-state index is 0.0976. The van der Waals surface area contributed by atoms with E-state index in [0.29, 0.717) is 6.42 Å². The normalized spacial score (nSPS) is 19.3. The van der Waals surface area contributed by atoms with E-state index < -0.39 is 41.1 Å². The fraction of sp³-hybridized carbons (Fsp3) is 0.457. The molecule has 1 fully saturated rings. The van der Waals surface area contributed by atoms with Crippen molar-refractivity contribution in [1.82, 2.24) is 10.2 Å². The molecular weight excluding hydrogens is 544 g/mol. The number of carbonyl (C=O) groups excluding carboxylic acids is 3. The molecule has 1 aliphatic rings. The first-order chi connectivity index (χ1) is 20.2. The molecule has 8 heteroatoms. The van der Waals surface area contributed by atoms with Crippen LogP contribution in [0.15, 0.2) is 67.8 Å². The van der Waals surface area contributed by atoms with E-state index in [1.807, 2.05) is 89.2 Å². The second kappa shape index (κ2) is 13.6. The number of alkyl carbamates (subject to hydrolysis) is 1. The molecular formula is C35H46N2O6. The Kier molecular flexibility index (Phi) is 10.6. The summed E-state index contributed by atoms with van der Waals surface area (Å²) in [6.45, 7) is 17.4. The predicted octanol–water partition coefficient (Wildman–Crippen LogP) is 6.36. The fourth-order valence-corrected chi connectivity index (χ4v) is 5.50. The molecule has 8 nitrogen and oxygen atoms in total. The van der Waals surface area contributed by atoms with Crippen LogP contribution < -0.4 is 5.32 Å². The lowest BCUT2D eigenvalue weighted by atomic mass is 9.85. The van der Waals surface area contributed by atoms with Gasteiger partial charge < -0.3 is 24.4 Å². The van der Waals surface area contributed by atoms with E-state index in [-0.39, 0.29) is 25.0 Å². The van der Waals surface area contributed by atoms with Gasteiger partial charge in [-0.05, 0) is 34.1 Å². The monoisotopic (exact) mass is 590 g/mol. The quantitative estimate of drug-likeness (QED) is 0.242. The number of nitrogens with one attached hydrogen (secondary N) is 1. The van der Waals surface area contributed by atoms with Crippen LogP contribution in [0.5, 0.6) is 0 Å². The second-order valence-electron chi connectivity index (χ2n) is 13.0. The molecule has 0 radical (unpaired) electrons. The highest BCUT2D eigenvalue weighted by atomic mass is 16.5. The minimum atomic E-state index is -0.972. The van der Waals surface area contributed by atoms with Crippen LogP contribution in [-0.4, -0.2) is 62.3 Å². The number of hydrogen-bond acceptors (Lipinski definition) is 6. The Balaban J connectivity index is 1.91. The average Bonchev–Trinajstić information content (AvgIpc) is 3.39. The third-order valence-electron chi connectivity index (χ3n) is 8.04. The van der Waals surface area contributed by atoms with E-state index in [1.54, 1.807) is 13.2 Å². The Morgan fingerprint density at radius 3 is 2.26 bits per heavy atom. The highest BCUT2D eigenvalue weighted by molar-refractivity contribution is 5.91. The molecule has 3 rings (SSSR count). The highest BCUT2D eigenvalue weighted by Gasteiger charge is 2.53. The Labute approximate surface area is 256 Å². The van der Waals surface area contributed by atoms with Gasteiger partial charge in [0.05, 0.1) is 20.3 Å². The molecule has 1 saturated heterocycles. The van der Waals surface area contributed by atoms with Crippen molar-refractivity contribution in [2.24, 2.45) is 10.8 Å². The zero-order valence-electron chi connectivity index (χ0n) is 26.6. The standard InChI is InChI=1S/C35H46N2O6/c1-10-20-34(6,7)23-43-32(40)36-29(33(3,4)5)30(38)37-22-35(42-9,21-28(37)31(39)41-8)26-18-16-25(17-19-26)27-15-13-12-14-24(27)11-2/h10-19,28-29H,1-2,20-23H2,3-9H3,(H,36,40)/t28-,29?,35-/m0/s1. The van der Waals surface area contributed by atoms with Gasteiger partial charge in [0, 0.05) is 18.9 Å². The van der Waals surface area contributed by atoms with E-state index in [9.17, 15) is 14.4 Å². The van der Waals surface area contributed by atoms with Crippen molar-refractivity contribution in [2.45, 2.75) is 65.1 Å². The number of benzene rings is 2. The summed E-state index contributed by atoms with van der Waals surface area (Å²) in [5.41, 5.74) is 1.94. The lowest BCUT2D eigenvalue weighted by Gasteiger charge is -2.35. The smallest absolute Gasteiger partial charge is 0.407 e. The Hall–Kier alpha value is -3.91. The molecule has 1 unspecified atom stereocenters. The minimum Gasteiger partial charge on any atom is -0.467 e. The van der Waals surface area contributed by atoms with Crippen LogP contribution in [-0.2, 0) is 29.4 Å². The molecule has 2 amide bonds. The number of amides is 2. The summed E-state index contributed by atoms with van der Waals surface area (Å²) < 4.78 is 16.7. The molecule has 1 aliphatic heterocycles. The molecule has 2 aromatic carbocycles. The Bertz CT molecular complexity index is 1330. The van der Waals surface area contributed by atoms with Gasteiger partial charge in [-0.25, -0.2) is 9.59 Å². The van der Waals surface area contributed by atoms with E-state index in [4.69, 9.17) is 14.2 Å². The number of esters is 1. The van der Waals surface area contributed by atoms with Gasteiger partial charge in [-0.3, -0.25) is 4.79 Å². The van der Waals surface area contributed by atoms with Crippen LogP contribution in [0.1, 0.15) is 58.6 Å². The lowest BCUT2D eigenvalue weighted by molar-refractivity contribution is -0.152. The summed E-state index contributed by atoms with van der Waals surface area (Å²) in [6.07, 6.45) is 3.75. The molecule has 43 heavy (non-hydrogen) atoms. The SMILES string of the molecule is C=CCC(C)(C)COC(=O)NC(C(=O)N1C[C@](OC)(c2ccc(-c3ccccc3C=C)cc2)C[C@H]1C(=O)OC)C(C)(C)C. The van der Waals surface area contributed by atoms with Crippen molar-refractivity contribution < 1.29 is 28.6 Å². The largest absolute Gasteiger partial charge is 0.467 e.